The van der Waals surface area contributed by atoms with E-state index in [-0.39, 0.29) is 6.42 Å². The summed E-state index contributed by atoms with van der Waals surface area (Å²) >= 11 is 0. The summed E-state index contributed by atoms with van der Waals surface area (Å²) in [6, 6.07) is 0.563. The Morgan fingerprint density at radius 3 is 2.57 bits per heavy atom. The number of methoxy groups -OCH3 is 1. The molecule has 1 amide bonds. The lowest BCUT2D eigenvalue weighted by atomic mass is 10.1. The third-order valence-corrected chi connectivity index (χ3v) is 2.43. The lowest BCUT2D eigenvalue weighted by Gasteiger charge is -2.22. The van der Waals surface area contributed by atoms with Crippen LogP contribution in [0.3, 0.4) is 0 Å². The molecule has 0 spiro atoms. The van der Waals surface area contributed by atoms with Crippen LogP contribution in [0.15, 0.2) is 18.5 Å². The zero-order valence-corrected chi connectivity index (χ0v) is 12.5. The van der Waals surface area contributed by atoms with E-state index in [4.69, 9.17) is 9.47 Å². The van der Waals surface area contributed by atoms with Gasteiger partial charge >= 0.3 is 12.1 Å². The van der Waals surface area contributed by atoms with Crippen molar-refractivity contribution in [3.05, 3.63) is 24.0 Å². The van der Waals surface area contributed by atoms with Gasteiger partial charge in [-0.3, -0.25) is 4.98 Å². The van der Waals surface area contributed by atoms with E-state index in [1.165, 1.54) is 19.5 Å². The van der Waals surface area contributed by atoms with Crippen LogP contribution in [-0.2, 0) is 16.0 Å². The molecule has 21 heavy (non-hydrogen) atoms. The highest BCUT2D eigenvalue weighted by atomic mass is 16.6. The minimum atomic E-state index is -1.15. The molecule has 0 bridgehead atoms. The molecule has 1 rings (SSSR count). The van der Waals surface area contributed by atoms with E-state index in [1.807, 2.05) is 0 Å². The Morgan fingerprint density at radius 2 is 2.05 bits per heavy atom. The molecule has 116 valence electrons. The molecule has 0 aliphatic rings. The Hall–Kier alpha value is -2.31. The third-order valence-electron chi connectivity index (χ3n) is 2.43. The topological polar surface area (TPSA) is 97.8 Å². The van der Waals surface area contributed by atoms with Gasteiger partial charge in [0.1, 0.15) is 17.4 Å². The number of ether oxygens (including phenoxy) is 2. The number of rotatable bonds is 5. The summed E-state index contributed by atoms with van der Waals surface area (Å²) < 4.78 is 10.1. The molecule has 7 heteroatoms. The van der Waals surface area contributed by atoms with Gasteiger partial charge in [-0.15, -0.1) is 0 Å². The maximum Gasteiger partial charge on any atom is 0.408 e. The van der Waals surface area contributed by atoms with Crippen LogP contribution in [0.1, 0.15) is 26.3 Å². The van der Waals surface area contributed by atoms with Crippen molar-refractivity contribution in [2.24, 2.45) is 0 Å². The molecule has 0 aromatic carbocycles. The first-order valence-corrected chi connectivity index (χ1v) is 6.41. The number of amides is 1. The lowest BCUT2D eigenvalue weighted by Crippen LogP contribution is -2.44. The largest absolute Gasteiger partial charge is 0.495 e. The maximum absolute atomic E-state index is 11.6. The van der Waals surface area contributed by atoms with Gasteiger partial charge in [0.2, 0.25) is 0 Å². The molecule has 2 N–H and O–H groups in total. The summed E-state index contributed by atoms with van der Waals surface area (Å²) in [5.74, 6) is -0.627. The van der Waals surface area contributed by atoms with E-state index in [9.17, 15) is 14.7 Å². The number of carbonyl (C=O) groups excluding carboxylic acids is 1. The molecule has 1 atom stereocenters. The van der Waals surface area contributed by atoms with Crippen molar-refractivity contribution in [2.75, 3.05) is 7.11 Å². The van der Waals surface area contributed by atoms with Crippen molar-refractivity contribution < 1.29 is 24.2 Å². The van der Waals surface area contributed by atoms with E-state index in [2.05, 4.69) is 10.3 Å². The fourth-order valence-electron chi connectivity index (χ4n) is 1.57. The summed E-state index contributed by atoms with van der Waals surface area (Å²) in [7, 11) is 1.49. The quantitative estimate of drug-likeness (QED) is 0.856. The average molecular weight is 296 g/mol. The monoisotopic (exact) mass is 296 g/mol. The number of alkyl carbamates (subject to hydrolysis) is 1. The molecule has 1 heterocycles. The summed E-state index contributed by atoms with van der Waals surface area (Å²) in [4.78, 5) is 26.8. The number of aromatic nitrogens is 1. The van der Waals surface area contributed by atoms with Gasteiger partial charge in [-0.05, 0) is 32.4 Å². The lowest BCUT2D eigenvalue weighted by molar-refractivity contribution is -0.139. The van der Waals surface area contributed by atoms with Crippen molar-refractivity contribution in [3.63, 3.8) is 0 Å². The molecule has 0 radical (unpaired) electrons. The molecule has 0 saturated heterocycles. The molecule has 1 aromatic heterocycles. The Labute approximate surface area is 123 Å². The summed E-state index contributed by atoms with van der Waals surface area (Å²) in [6.45, 7) is 5.11. The maximum atomic E-state index is 11.6. The van der Waals surface area contributed by atoms with Gasteiger partial charge < -0.3 is 19.9 Å². The van der Waals surface area contributed by atoms with E-state index in [0.29, 0.717) is 11.3 Å². The van der Waals surface area contributed by atoms with Gasteiger partial charge in [0.05, 0.1) is 13.3 Å². The molecule has 0 unspecified atom stereocenters. The van der Waals surface area contributed by atoms with Crippen molar-refractivity contribution in [1.82, 2.24) is 10.3 Å². The predicted octanol–water partition coefficient (Wildman–Crippen LogP) is 1.61. The Bertz CT molecular complexity index is 510. The van der Waals surface area contributed by atoms with E-state index >= 15 is 0 Å². The number of hydrogen-bond acceptors (Lipinski definition) is 5. The van der Waals surface area contributed by atoms with Gasteiger partial charge in [-0.2, -0.15) is 0 Å². The number of aliphatic carboxylic acids is 1. The number of nitrogens with one attached hydrogen (secondary N) is 1. The second-order valence-electron chi connectivity index (χ2n) is 5.47. The smallest absolute Gasteiger partial charge is 0.408 e. The first kappa shape index (κ1) is 16.7. The normalized spacial score (nSPS) is 12.4. The first-order chi connectivity index (χ1) is 9.71. The van der Waals surface area contributed by atoms with Crippen LogP contribution >= 0.6 is 0 Å². The minimum absolute atomic E-state index is 0.0821. The molecular formula is C14H20N2O5. The predicted molar refractivity (Wildman–Crippen MR) is 75.3 cm³/mol. The van der Waals surface area contributed by atoms with Crippen LogP contribution in [0.4, 0.5) is 4.79 Å². The van der Waals surface area contributed by atoms with E-state index < -0.39 is 23.7 Å². The number of nitrogens with zero attached hydrogens (tertiary/aromatic N) is 1. The second kappa shape index (κ2) is 6.92. The standard InChI is InChI=1S/C14H20N2O5/c1-14(2,3)21-13(19)16-11(12(17)18)6-9-5-10(20-4)8-15-7-9/h5,7-8,11H,6H2,1-4H3,(H,16,19)(H,17,18)/t11-/m1/s1. The van der Waals surface area contributed by atoms with Gasteiger partial charge in [-0.25, -0.2) is 9.59 Å². The molecule has 7 nitrogen and oxygen atoms in total. The highest BCUT2D eigenvalue weighted by Gasteiger charge is 2.24. The van der Waals surface area contributed by atoms with Crippen molar-refractivity contribution in [2.45, 2.75) is 38.8 Å². The summed E-state index contributed by atoms with van der Waals surface area (Å²) in [6.07, 6.45) is 2.35. The number of pyridine rings is 1. The highest BCUT2D eigenvalue weighted by Crippen LogP contribution is 2.13. The van der Waals surface area contributed by atoms with Crippen molar-refractivity contribution >= 4 is 12.1 Å². The second-order valence-corrected chi connectivity index (χ2v) is 5.47. The first-order valence-electron chi connectivity index (χ1n) is 6.41. The third kappa shape index (κ3) is 6.11. The molecule has 0 aliphatic heterocycles. The zero-order valence-electron chi connectivity index (χ0n) is 12.5. The summed E-state index contributed by atoms with van der Waals surface area (Å²) in [5, 5.41) is 11.5. The number of carboxylic acid groups (broad SMARTS) is 1. The van der Waals surface area contributed by atoms with Crippen LogP contribution in [0, 0.1) is 0 Å². The van der Waals surface area contributed by atoms with Crippen LogP contribution in [-0.4, -0.2) is 40.9 Å². The van der Waals surface area contributed by atoms with Crippen LogP contribution in [0.5, 0.6) is 5.75 Å². The number of hydrogen-bond donors (Lipinski definition) is 2. The fourth-order valence-corrected chi connectivity index (χ4v) is 1.57. The SMILES string of the molecule is COc1cncc(C[C@@H](NC(=O)OC(C)(C)C)C(=O)O)c1. The molecule has 0 fully saturated rings. The van der Waals surface area contributed by atoms with Gasteiger partial charge in [-0.1, -0.05) is 0 Å². The highest BCUT2D eigenvalue weighted by molar-refractivity contribution is 5.80. The fraction of sp³-hybridized carbons (Fsp3) is 0.500. The van der Waals surface area contributed by atoms with Crippen molar-refractivity contribution in [1.29, 1.82) is 0 Å². The van der Waals surface area contributed by atoms with Crippen LogP contribution < -0.4 is 10.1 Å². The van der Waals surface area contributed by atoms with Crippen molar-refractivity contribution in [3.8, 4) is 5.75 Å². The molecule has 0 saturated carbocycles. The Balaban J connectivity index is 2.74. The van der Waals surface area contributed by atoms with E-state index in [0.717, 1.165) is 0 Å². The Morgan fingerprint density at radius 1 is 1.38 bits per heavy atom. The number of carbonyl (C=O) groups is 2. The van der Waals surface area contributed by atoms with Gasteiger partial charge in [0.15, 0.2) is 0 Å². The van der Waals surface area contributed by atoms with Gasteiger partial charge in [0.25, 0.3) is 0 Å². The Kier molecular flexibility index (Phi) is 5.52. The number of carboxylic acids is 1. The van der Waals surface area contributed by atoms with Crippen LogP contribution in [0.25, 0.3) is 0 Å². The average Bonchev–Trinajstić information content (AvgIpc) is 2.36. The molecular weight excluding hydrogens is 276 g/mol. The zero-order chi connectivity index (χ0) is 16.0. The van der Waals surface area contributed by atoms with E-state index in [1.54, 1.807) is 26.8 Å². The molecule has 1 aromatic rings. The molecule has 0 aliphatic carbocycles. The van der Waals surface area contributed by atoms with Gasteiger partial charge in [0, 0.05) is 12.6 Å². The minimum Gasteiger partial charge on any atom is -0.495 e. The summed E-state index contributed by atoms with van der Waals surface area (Å²) in [5.41, 5.74) is -0.0530. The van der Waals surface area contributed by atoms with Crippen LogP contribution in [0.2, 0.25) is 0 Å².